The Kier molecular flexibility index (Phi) is 5.04. The van der Waals surface area contributed by atoms with Crippen molar-refractivity contribution < 1.29 is 18.4 Å². The second-order valence-corrected chi connectivity index (χ2v) is 5.47. The molecule has 8 heteroatoms. The fourth-order valence-corrected chi connectivity index (χ4v) is 2.38. The number of hydrogen-bond acceptors (Lipinski definition) is 6. The van der Waals surface area contributed by atoms with Crippen LogP contribution in [0.1, 0.15) is 5.89 Å². The molecule has 0 fully saturated rings. The van der Waals surface area contributed by atoms with E-state index < -0.39 is 5.82 Å². The zero-order valence-electron chi connectivity index (χ0n) is 13.5. The highest BCUT2D eigenvalue weighted by Gasteiger charge is 2.12. The molecule has 6 nitrogen and oxygen atoms in total. The van der Waals surface area contributed by atoms with E-state index in [4.69, 9.17) is 25.6 Å². The summed E-state index contributed by atoms with van der Waals surface area (Å²) in [6.07, 6.45) is 0. The van der Waals surface area contributed by atoms with Gasteiger partial charge in [-0.05, 0) is 36.4 Å². The van der Waals surface area contributed by atoms with E-state index in [0.717, 1.165) is 5.56 Å². The molecular formula is C17H15ClFN3O3. The highest BCUT2D eigenvalue weighted by molar-refractivity contribution is 6.31. The minimum atomic E-state index is -0.472. The standard InChI is InChI=1S/C17H15ClFN3O3/c1-23-14-6-3-10(7-15(14)24-2)17-21-16(25-22-17)9-20-11-4-5-13(19)12(18)8-11/h3-8,20H,9H2,1-2H3. The zero-order valence-corrected chi connectivity index (χ0v) is 14.3. The molecular weight excluding hydrogens is 349 g/mol. The summed E-state index contributed by atoms with van der Waals surface area (Å²) in [7, 11) is 3.12. The number of benzene rings is 2. The lowest BCUT2D eigenvalue weighted by atomic mass is 10.2. The van der Waals surface area contributed by atoms with Gasteiger partial charge in [0.1, 0.15) is 5.82 Å². The van der Waals surface area contributed by atoms with E-state index in [2.05, 4.69) is 15.5 Å². The van der Waals surface area contributed by atoms with E-state index in [-0.39, 0.29) is 11.6 Å². The molecule has 130 valence electrons. The number of aromatic nitrogens is 2. The molecule has 1 N–H and O–H groups in total. The van der Waals surface area contributed by atoms with Crippen molar-refractivity contribution in [2.24, 2.45) is 0 Å². The van der Waals surface area contributed by atoms with Crippen molar-refractivity contribution in [3.63, 3.8) is 0 Å². The van der Waals surface area contributed by atoms with Crippen LogP contribution in [0.4, 0.5) is 10.1 Å². The number of nitrogens with zero attached hydrogens (tertiary/aromatic N) is 2. The predicted molar refractivity (Wildman–Crippen MR) is 91.6 cm³/mol. The van der Waals surface area contributed by atoms with Gasteiger partial charge in [0, 0.05) is 11.3 Å². The third-order valence-electron chi connectivity index (χ3n) is 3.47. The van der Waals surface area contributed by atoms with Gasteiger partial charge in [-0.2, -0.15) is 4.98 Å². The Labute approximate surface area is 148 Å². The normalized spacial score (nSPS) is 10.6. The molecule has 0 aliphatic heterocycles. The van der Waals surface area contributed by atoms with Gasteiger partial charge in [0.2, 0.25) is 11.7 Å². The fraction of sp³-hybridized carbons (Fsp3) is 0.176. The topological polar surface area (TPSA) is 69.4 Å². The number of rotatable bonds is 6. The van der Waals surface area contributed by atoms with E-state index in [9.17, 15) is 4.39 Å². The molecule has 25 heavy (non-hydrogen) atoms. The average molecular weight is 364 g/mol. The minimum absolute atomic E-state index is 0.0431. The minimum Gasteiger partial charge on any atom is -0.493 e. The van der Waals surface area contributed by atoms with E-state index in [1.165, 1.54) is 12.1 Å². The molecule has 0 saturated carbocycles. The Hall–Kier alpha value is -2.80. The lowest BCUT2D eigenvalue weighted by Crippen LogP contribution is -2.00. The number of anilines is 1. The number of methoxy groups -OCH3 is 2. The van der Waals surface area contributed by atoms with Crippen LogP contribution in [0.25, 0.3) is 11.4 Å². The summed E-state index contributed by atoms with van der Waals surface area (Å²) in [4.78, 5) is 4.32. The molecule has 1 heterocycles. The van der Waals surface area contributed by atoms with Gasteiger partial charge < -0.3 is 19.3 Å². The van der Waals surface area contributed by atoms with Crippen molar-refractivity contribution >= 4 is 17.3 Å². The molecule has 1 aromatic heterocycles. The van der Waals surface area contributed by atoms with Crippen molar-refractivity contribution in [3.05, 3.63) is 53.1 Å². The SMILES string of the molecule is COc1ccc(-c2noc(CNc3ccc(F)c(Cl)c3)n2)cc1OC. The number of hydrogen-bond donors (Lipinski definition) is 1. The average Bonchev–Trinajstić information content (AvgIpc) is 3.11. The van der Waals surface area contributed by atoms with Crippen molar-refractivity contribution in [3.8, 4) is 22.9 Å². The molecule has 0 radical (unpaired) electrons. The van der Waals surface area contributed by atoms with Gasteiger partial charge >= 0.3 is 0 Å². The predicted octanol–water partition coefficient (Wildman–Crippen LogP) is 4.16. The largest absolute Gasteiger partial charge is 0.493 e. The van der Waals surface area contributed by atoms with Gasteiger partial charge in [-0.15, -0.1) is 0 Å². The Morgan fingerprint density at radius 3 is 2.64 bits per heavy atom. The van der Waals surface area contributed by atoms with E-state index in [1.807, 2.05) is 6.07 Å². The quantitative estimate of drug-likeness (QED) is 0.709. The maximum absolute atomic E-state index is 13.1. The van der Waals surface area contributed by atoms with Crippen LogP contribution < -0.4 is 14.8 Å². The molecule has 0 saturated heterocycles. The molecule has 0 unspecified atom stereocenters. The first-order valence-corrected chi connectivity index (χ1v) is 7.72. The molecule has 0 aliphatic rings. The molecule has 0 bridgehead atoms. The first-order valence-electron chi connectivity index (χ1n) is 7.34. The Morgan fingerprint density at radius 2 is 1.92 bits per heavy atom. The molecule has 0 spiro atoms. The van der Waals surface area contributed by atoms with Gasteiger partial charge in [-0.25, -0.2) is 4.39 Å². The Bertz CT molecular complexity index is 885. The summed E-state index contributed by atoms with van der Waals surface area (Å²) < 4.78 is 28.8. The van der Waals surface area contributed by atoms with Gasteiger partial charge in [0.05, 0.1) is 25.8 Å². The summed E-state index contributed by atoms with van der Waals surface area (Å²) in [5.74, 6) is 1.52. The van der Waals surface area contributed by atoms with Crippen LogP contribution in [0, 0.1) is 5.82 Å². The third kappa shape index (κ3) is 3.83. The van der Waals surface area contributed by atoms with Crippen LogP contribution in [-0.4, -0.2) is 24.4 Å². The van der Waals surface area contributed by atoms with Crippen LogP contribution >= 0.6 is 11.6 Å². The van der Waals surface area contributed by atoms with E-state index in [1.54, 1.807) is 32.4 Å². The first kappa shape index (κ1) is 17.0. The summed E-state index contributed by atoms with van der Waals surface area (Å²) in [5.41, 5.74) is 1.38. The van der Waals surface area contributed by atoms with Gasteiger partial charge in [0.25, 0.3) is 0 Å². The van der Waals surface area contributed by atoms with E-state index in [0.29, 0.717) is 28.9 Å². The molecule has 3 aromatic rings. The third-order valence-corrected chi connectivity index (χ3v) is 3.76. The molecule has 0 atom stereocenters. The second-order valence-electron chi connectivity index (χ2n) is 5.06. The van der Waals surface area contributed by atoms with Crippen molar-refractivity contribution in [2.45, 2.75) is 6.54 Å². The van der Waals surface area contributed by atoms with Crippen LogP contribution in [-0.2, 0) is 6.54 Å². The fourth-order valence-electron chi connectivity index (χ4n) is 2.20. The van der Waals surface area contributed by atoms with Crippen LogP contribution in [0.2, 0.25) is 5.02 Å². The summed E-state index contributed by atoms with van der Waals surface area (Å²) in [6, 6.07) is 9.69. The summed E-state index contributed by atoms with van der Waals surface area (Å²) in [6.45, 7) is 0.280. The highest BCUT2D eigenvalue weighted by atomic mass is 35.5. The monoisotopic (exact) mass is 363 g/mol. The lowest BCUT2D eigenvalue weighted by Gasteiger charge is -2.07. The molecule has 0 aliphatic carbocycles. The molecule has 3 rings (SSSR count). The maximum atomic E-state index is 13.1. The molecule has 2 aromatic carbocycles. The first-order chi connectivity index (χ1) is 12.1. The van der Waals surface area contributed by atoms with Crippen molar-refractivity contribution in [2.75, 3.05) is 19.5 Å². The van der Waals surface area contributed by atoms with Crippen LogP contribution in [0.3, 0.4) is 0 Å². The Morgan fingerprint density at radius 1 is 1.12 bits per heavy atom. The van der Waals surface area contributed by atoms with Crippen LogP contribution in [0.15, 0.2) is 40.9 Å². The Balaban J connectivity index is 1.73. The van der Waals surface area contributed by atoms with E-state index >= 15 is 0 Å². The van der Waals surface area contributed by atoms with Gasteiger partial charge in [0.15, 0.2) is 11.5 Å². The lowest BCUT2D eigenvalue weighted by molar-refractivity contribution is 0.355. The zero-order chi connectivity index (χ0) is 17.8. The smallest absolute Gasteiger partial charge is 0.246 e. The van der Waals surface area contributed by atoms with Gasteiger partial charge in [-0.1, -0.05) is 16.8 Å². The summed E-state index contributed by atoms with van der Waals surface area (Å²) >= 11 is 5.74. The van der Waals surface area contributed by atoms with Gasteiger partial charge in [-0.3, -0.25) is 0 Å². The van der Waals surface area contributed by atoms with Crippen molar-refractivity contribution in [1.29, 1.82) is 0 Å². The highest BCUT2D eigenvalue weighted by Crippen LogP contribution is 2.31. The number of ether oxygens (including phenoxy) is 2. The van der Waals surface area contributed by atoms with Crippen molar-refractivity contribution in [1.82, 2.24) is 10.1 Å². The molecule has 0 amide bonds. The number of halogens is 2. The summed E-state index contributed by atoms with van der Waals surface area (Å²) in [5, 5.41) is 7.04. The second kappa shape index (κ2) is 7.40. The van der Waals surface area contributed by atoms with Crippen LogP contribution in [0.5, 0.6) is 11.5 Å². The maximum Gasteiger partial charge on any atom is 0.246 e. The number of nitrogens with one attached hydrogen (secondary N) is 1.